The van der Waals surface area contributed by atoms with Crippen LogP contribution >= 0.6 is 0 Å². The van der Waals surface area contributed by atoms with Crippen molar-refractivity contribution in [2.75, 3.05) is 11.5 Å². The maximum atomic E-state index is 12.2. The first-order valence-corrected chi connectivity index (χ1v) is 7.15. The minimum atomic E-state index is -0.352. The number of anilines is 2. The number of rotatable bonds is 6. The third kappa shape index (κ3) is 5.51. The minimum Gasteiger partial charge on any atom is -0.459 e. The Morgan fingerprint density at radius 2 is 1.45 bits per heavy atom. The number of carbonyl (C=O) groups excluding carboxylic acids is 1. The summed E-state index contributed by atoms with van der Waals surface area (Å²) < 4.78 is 5.62. The molecule has 0 heterocycles. The first-order valence-electron chi connectivity index (χ1n) is 7.15. The number of nitrogen functional groups attached to an aromatic ring is 2. The van der Waals surface area contributed by atoms with Gasteiger partial charge in [0.05, 0.1) is 5.56 Å². The highest BCUT2D eigenvalue weighted by Gasteiger charge is 2.19. The number of hydrogen-bond acceptors (Lipinski definition) is 4. The Kier molecular flexibility index (Phi) is 5.86. The largest absolute Gasteiger partial charge is 0.459 e. The van der Waals surface area contributed by atoms with E-state index in [4.69, 9.17) is 16.2 Å². The van der Waals surface area contributed by atoms with Gasteiger partial charge in [0.2, 0.25) is 0 Å². The summed E-state index contributed by atoms with van der Waals surface area (Å²) in [6.45, 7) is 8.50. The van der Waals surface area contributed by atoms with Crippen LogP contribution in [0.5, 0.6) is 0 Å². The standard InChI is InChI=1S/C16H26N2O2/c1-10(2)5-15(6-11(3)4)20-16(19)12-7-13(17)9-14(18)8-12/h7-11,15H,5-6,17-18H2,1-4H3. The third-order valence-corrected chi connectivity index (χ3v) is 2.96. The second-order valence-electron chi connectivity index (χ2n) is 6.17. The normalized spacial score (nSPS) is 11.3. The Bertz CT molecular complexity index is 426. The van der Waals surface area contributed by atoms with E-state index in [0.717, 1.165) is 12.8 Å². The van der Waals surface area contributed by atoms with Crippen LogP contribution < -0.4 is 11.5 Å². The van der Waals surface area contributed by atoms with Gasteiger partial charge < -0.3 is 16.2 Å². The van der Waals surface area contributed by atoms with Gasteiger partial charge >= 0.3 is 5.97 Å². The van der Waals surface area contributed by atoms with Gasteiger partial charge in [-0.3, -0.25) is 0 Å². The minimum absolute atomic E-state index is 0.0647. The van der Waals surface area contributed by atoms with E-state index in [0.29, 0.717) is 28.8 Å². The summed E-state index contributed by atoms with van der Waals surface area (Å²) >= 11 is 0. The summed E-state index contributed by atoms with van der Waals surface area (Å²) in [4.78, 5) is 12.2. The van der Waals surface area contributed by atoms with Crippen molar-refractivity contribution in [3.8, 4) is 0 Å². The summed E-state index contributed by atoms with van der Waals surface area (Å²) in [6.07, 6.45) is 1.66. The van der Waals surface area contributed by atoms with Gasteiger partial charge in [0, 0.05) is 11.4 Å². The predicted octanol–water partition coefficient (Wildman–Crippen LogP) is 3.47. The first kappa shape index (κ1) is 16.3. The lowest BCUT2D eigenvalue weighted by Gasteiger charge is -2.21. The van der Waals surface area contributed by atoms with Crippen molar-refractivity contribution in [2.45, 2.75) is 46.6 Å². The Labute approximate surface area is 121 Å². The molecule has 1 aromatic carbocycles. The summed E-state index contributed by atoms with van der Waals surface area (Å²) in [5, 5.41) is 0. The van der Waals surface area contributed by atoms with E-state index in [2.05, 4.69) is 27.7 Å². The molecule has 0 aromatic heterocycles. The second kappa shape index (κ2) is 7.17. The highest BCUT2D eigenvalue weighted by molar-refractivity contribution is 5.91. The van der Waals surface area contributed by atoms with E-state index >= 15 is 0 Å². The molecule has 0 saturated heterocycles. The molecule has 0 amide bonds. The van der Waals surface area contributed by atoms with Crippen LogP contribution in [-0.4, -0.2) is 12.1 Å². The zero-order chi connectivity index (χ0) is 15.3. The van der Waals surface area contributed by atoms with Crippen LogP contribution in [0.1, 0.15) is 50.9 Å². The second-order valence-corrected chi connectivity index (χ2v) is 6.17. The lowest BCUT2D eigenvalue weighted by atomic mass is 9.98. The average Bonchev–Trinajstić information content (AvgIpc) is 2.25. The number of hydrogen-bond donors (Lipinski definition) is 2. The fourth-order valence-corrected chi connectivity index (χ4v) is 2.26. The molecule has 0 bridgehead atoms. The van der Waals surface area contributed by atoms with Crippen LogP contribution in [0.4, 0.5) is 11.4 Å². The Hall–Kier alpha value is -1.71. The fourth-order valence-electron chi connectivity index (χ4n) is 2.26. The molecule has 4 nitrogen and oxygen atoms in total. The molecule has 0 radical (unpaired) electrons. The highest BCUT2D eigenvalue weighted by atomic mass is 16.5. The van der Waals surface area contributed by atoms with Crippen LogP contribution in [0, 0.1) is 11.8 Å². The van der Waals surface area contributed by atoms with Gasteiger partial charge in [-0.1, -0.05) is 27.7 Å². The summed E-state index contributed by atoms with van der Waals surface area (Å²) in [6, 6.07) is 4.82. The van der Waals surface area contributed by atoms with Crippen molar-refractivity contribution in [1.82, 2.24) is 0 Å². The van der Waals surface area contributed by atoms with Crippen LogP contribution in [0.2, 0.25) is 0 Å². The van der Waals surface area contributed by atoms with E-state index < -0.39 is 0 Å². The molecule has 0 aliphatic heterocycles. The summed E-state index contributed by atoms with van der Waals surface area (Å²) in [5.41, 5.74) is 12.8. The summed E-state index contributed by atoms with van der Waals surface area (Å²) in [5.74, 6) is 0.616. The Balaban J connectivity index is 2.78. The van der Waals surface area contributed by atoms with E-state index in [1.165, 1.54) is 0 Å². The molecule has 0 unspecified atom stereocenters. The van der Waals surface area contributed by atoms with E-state index in [1.807, 2.05) is 0 Å². The first-order chi connectivity index (χ1) is 9.27. The van der Waals surface area contributed by atoms with Crippen molar-refractivity contribution in [3.05, 3.63) is 23.8 Å². The van der Waals surface area contributed by atoms with Crippen molar-refractivity contribution in [3.63, 3.8) is 0 Å². The van der Waals surface area contributed by atoms with E-state index in [9.17, 15) is 4.79 Å². The van der Waals surface area contributed by atoms with E-state index in [1.54, 1.807) is 18.2 Å². The van der Waals surface area contributed by atoms with Crippen molar-refractivity contribution in [2.24, 2.45) is 11.8 Å². The van der Waals surface area contributed by atoms with Crippen LogP contribution in [-0.2, 0) is 4.74 Å². The number of nitrogens with two attached hydrogens (primary N) is 2. The zero-order valence-electron chi connectivity index (χ0n) is 12.8. The Morgan fingerprint density at radius 1 is 1.00 bits per heavy atom. The molecule has 0 fully saturated rings. The third-order valence-electron chi connectivity index (χ3n) is 2.96. The van der Waals surface area contributed by atoms with Gasteiger partial charge in [-0.15, -0.1) is 0 Å². The lowest BCUT2D eigenvalue weighted by Crippen LogP contribution is -2.22. The SMILES string of the molecule is CC(C)CC(CC(C)C)OC(=O)c1cc(N)cc(N)c1. The number of esters is 1. The molecule has 0 aliphatic carbocycles. The summed E-state index contributed by atoms with van der Waals surface area (Å²) in [7, 11) is 0. The molecule has 0 atom stereocenters. The fraction of sp³-hybridized carbons (Fsp3) is 0.562. The molecule has 4 heteroatoms. The van der Waals surface area contributed by atoms with Crippen molar-refractivity contribution >= 4 is 17.3 Å². The number of carbonyl (C=O) groups is 1. The molecule has 0 saturated carbocycles. The van der Waals surface area contributed by atoms with Crippen molar-refractivity contribution < 1.29 is 9.53 Å². The maximum Gasteiger partial charge on any atom is 0.338 e. The topological polar surface area (TPSA) is 78.3 Å². The maximum absolute atomic E-state index is 12.2. The quantitative estimate of drug-likeness (QED) is 0.617. The van der Waals surface area contributed by atoms with Crippen LogP contribution in [0.15, 0.2) is 18.2 Å². The molecular formula is C16H26N2O2. The molecule has 0 spiro atoms. The van der Waals surface area contributed by atoms with Gasteiger partial charge in [0.1, 0.15) is 6.10 Å². The number of benzene rings is 1. The Morgan fingerprint density at radius 3 is 1.85 bits per heavy atom. The molecule has 112 valence electrons. The average molecular weight is 278 g/mol. The molecule has 20 heavy (non-hydrogen) atoms. The van der Waals surface area contributed by atoms with Gasteiger partial charge in [-0.25, -0.2) is 4.79 Å². The zero-order valence-corrected chi connectivity index (χ0v) is 12.8. The highest BCUT2D eigenvalue weighted by Crippen LogP contribution is 2.20. The molecule has 4 N–H and O–H groups in total. The lowest BCUT2D eigenvalue weighted by molar-refractivity contribution is 0.0200. The van der Waals surface area contributed by atoms with Gasteiger partial charge in [0.25, 0.3) is 0 Å². The number of ether oxygens (including phenoxy) is 1. The smallest absolute Gasteiger partial charge is 0.338 e. The predicted molar refractivity (Wildman–Crippen MR) is 83.4 cm³/mol. The van der Waals surface area contributed by atoms with Gasteiger partial charge in [0.15, 0.2) is 0 Å². The molecule has 0 aliphatic rings. The van der Waals surface area contributed by atoms with Gasteiger partial charge in [-0.2, -0.15) is 0 Å². The van der Waals surface area contributed by atoms with Crippen LogP contribution in [0.25, 0.3) is 0 Å². The van der Waals surface area contributed by atoms with E-state index in [-0.39, 0.29) is 12.1 Å². The molecular weight excluding hydrogens is 252 g/mol. The molecule has 1 rings (SSSR count). The monoisotopic (exact) mass is 278 g/mol. The molecule has 1 aromatic rings. The van der Waals surface area contributed by atoms with Crippen LogP contribution in [0.3, 0.4) is 0 Å². The van der Waals surface area contributed by atoms with Gasteiger partial charge in [-0.05, 0) is 42.9 Å². The van der Waals surface area contributed by atoms with Crippen molar-refractivity contribution in [1.29, 1.82) is 0 Å².